The predicted molar refractivity (Wildman–Crippen MR) is 90.7 cm³/mol. The van der Waals surface area contributed by atoms with Gasteiger partial charge in [-0.3, -0.25) is 4.79 Å². The molecule has 0 atom stereocenters. The first kappa shape index (κ1) is 17.8. The van der Waals surface area contributed by atoms with E-state index in [0.717, 1.165) is 11.1 Å². The number of hydrogen-bond donors (Lipinski definition) is 0. The summed E-state index contributed by atoms with van der Waals surface area (Å²) in [7, 11) is 1.56. The van der Waals surface area contributed by atoms with E-state index in [1.165, 1.54) is 12.1 Å². The van der Waals surface area contributed by atoms with E-state index in [4.69, 9.17) is 9.47 Å². The number of hydrogen-bond acceptors (Lipinski definition) is 3. The Morgan fingerprint density at radius 2 is 1.96 bits per heavy atom. The number of amides is 1. The molecule has 1 amide bonds. The Hall–Kier alpha value is -2.56. The second kappa shape index (κ2) is 8.34. The summed E-state index contributed by atoms with van der Waals surface area (Å²) >= 11 is 0. The molecule has 0 fully saturated rings. The molecule has 0 aliphatic carbocycles. The van der Waals surface area contributed by atoms with Crippen LogP contribution in [0, 0.1) is 12.7 Å². The highest BCUT2D eigenvalue weighted by Crippen LogP contribution is 2.27. The molecule has 24 heavy (non-hydrogen) atoms. The van der Waals surface area contributed by atoms with Crippen LogP contribution in [0.2, 0.25) is 0 Å². The number of benzene rings is 2. The van der Waals surface area contributed by atoms with E-state index in [0.29, 0.717) is 24.6 Å². The summed E-state index contributed by atoms with van der Waals surface area (Å²) in [6.45, 7) is 4.60. The maximum atomic E-state index is 13.3. The van der Waals surface area contributed by atoms with Crippen molar-refractivity contribution in [1.29, 1.82) is 0 Å². The van der Waals surface area contributed by atoms with Crippen molar-refractivity contribution in [3.63, 3.8) is 0 Å². The summed E-state index contributed by atoms with van der Waals surface area (Å²) in [5, 5.41) is 0. The number of carbonyl (C=O) groups is 1. The molecule has 5 heteroatoms. The summed E-state index contributed by atoms with van der Waals surface area (Å²) in [4.78, 5) is 14.0. The molecular formula is C19H22FNO3. The number of ether oxygens (including phenoxy) is 2. The first-order valence-electron chi connectivity index (χ1n) is 7.83. The lowest BCUT2D eigenvalue weighted by atomic mass is 10.2. The summed E-state index contributed by atoms with van der Waals surface area (Å²) < 4.78 is 24.1. The average molecular weight is 331 g/mol. The number of halogens is 1. The molecule has 0 aliphatic heterocycles. The van der Waals surface area contributed by atoms with Gasteiger partial charge in [-0.2, -0.15) is 0 Å². The number of nitrogens with zero attached hydrogens (tertiary/aromatic N) is 1. The van der Waals surface area contributed by atoms with Gasteiger partial charge in [0.1, 0.15) is 5.82 Å². The second-order valence-corrected chi connectivity index (χ2v) is 5.48. The minimum absolute atomic E-state index is 0.0947. The molecule has 0 radical (unpaired) electrons. The van der Waals surface area contributed by atoms with E-state index in [9.17, 15) is 9.18 Å². The molecule has 0 aliphatic rings. The van der Waals surface area contributed by atoms with Crippen LogP contribution in [0.4, 0.5) is 4.39 Å². The smallest absolute Gasteiger partial charge is 0.260 e. The molecule has 0 N–H and O–H groups in total. The Morgan fingerprint density at radius 3 is 2.62 bits per heavy atom. The van der Waals surface area contributed by atoms with E-state index in [2.05, 4.69) is 0 Å². The van der Waals surface area contributed by atoms with Gasteiger partial charge in [-0.25, -0.2) is 4.39 Å². The van der Waals surface area contributed by atoms with E-state index in [-0.39, 0.29) is 18.3 Å². The predicted octanol–water partition coefficient (Wildman–Crippen LogP) is 3.57. The first-order valence-corrected chi connectivity index (χ1v) is 7.83. The standard InChI is InChI=1S/C19H22FNO3/c1-4-21(12-15-6-5-7-16(20)11-15)19(22)13-24-17-9-8-14(2)10-18(17)23-3/h5-11H,4,12-13H2,1-3H3. The lowest BCUT2D eigenvalue weighted by Crippen LogP contribution is -2.34. The van der Waals surface area contributed by atoms with Crippen LogP contribution in [-0.2, 0) is 11.3 Å². The molecule has 0 spiro atoms. The van der Waals surface area contributed by atoms with Crippen LogP contribution in [0.1, 0.15) is 18.1 Å². The maximum Gasteiger partial charge on any atom is 0.260 e. The van der Waals surface area contributed by atoms with Crippen LogP contribution in [0.15, 0.2) is 42.5 Å². The highest BCUT2D eigenvalue weighted by Gasteiger charge is 2.14. The minimum atomic E-state index is -0.309. The SMILES string of the molecule is CCN(Cc1cccc(F)c1)C(=O)COc1ccc(C)cc1OC. The normalized spacial score (nSPS) is 10.3. The van der Waals surface area contributed by atoms with Gasteiger partial charge in [0, 0.05) is 13.1 Å². The Bertz CT molecular complexity index is 703. The van der Waals surface area contributed by atoms with E-state index in [1.54, 1.807) is 30.2 Å². The molecule has 0 heterocycles. The molecule has 0 saturated heterocycles. The second-order valence-electron chi connectivity index (χ2n) is 5.48. The third-order valence-electron chi connectivity index (χ3n) is 3.67. The van der Waals surface area contributed by atoms with Crippen LogP contribution < -0.4 is 9.47 Å². The molecule has 2 aromatic rings. The minimum Gasteiger partial charge on any atom is -0.493 e. The molecule has 4 nitrogen and oxygen atoms in total. The van der Waals surface area contributed by atoms with Gasteiger partial charge in [0.05, 0.1) is 7.11 Å². The van der Waals surface area contributed by atoms with Crippen LogP contribution in [0.25, 0.3) is 0 Å². The number of methoxy groups -OCH3 is 1. The Kier molecular flexibility index (Phi) is 6.18. The molecule has 2 rings (SSSR count). The van der Waals surface area contributed by atoms with Gasteiger partial charge in [-0.15, -0.1) is 0 Å². The van der Waals surface area contributed by atoms with Crippen molar-refractivity contribution >= 4 is 5.91 Å². The largest absolute Gasteiger partial charge is 0.493 e. The van der Waals surface area contributed by atoms with Crippen molar-refractivity contribution in [1.82, 2.24) is 4.90 Å². The van der Waals surface area contributed by atoms with Crippen molar-refractivity contribution < 1.29 is 18.7 Å². The Labute approximate surface area is 141 Å². The van der Waals surface area contributed by atoms with Crippen molar-refractivity contribution in [2.75, 3.05) is 20.3 Å². The number of aryl methyl sites for hydroxylation is 1. The highest BCUT2D eigenvalue weighted by atomic mass is 19.1. The topological polar surface area (TPSA) is 38.8 Å². The molecule has 0 aromatic heterocycles. The zero-order valence-corrected chi connectivity index (χ0v) is 14.2. The summed E-state index contributed by atoms with van der Waals surface area (Å²) in [5.41, 5.74) is 1.80. The van der Waals surface area contributed by atoms with Crippen molar-refractivity contribution in [3.8, 4) is 11.5 Å². The quantitative estimate of drug-likeness (QED) is 0.778. The Balaban J connectivity index is 1.99. The van der Waals surface area contributed by atoms with E-state index in [1.807, 2.05) is 26.0 Å². The lowest BCUT2D eigenvalue weighted by Gasteiger charge is -2.21. The summed E-state index contributed by atoms with van der Waals surface area (Å²) in [5.74, 6) is 0.648. The summed E-state index contributed by atoms with van der Waals surface area (Å²) in [6, 6.07) is 11.8. The van der Waals surface area contributed by atoms with Gasteiger partial charge in [-0.05, 0) is 49.2 Å². The molecule has 0 unspecified atom stereocenters. The average Bonchev–Trinajstić information content (AvgIpc) is 2.58. The molecule has 0 saturated carbocycles. The van der Waals surface area contributed by atoms with Gasteiger partial charge < -0.3 is 14.4 Å². The van der Waals surface area contributed by atoms with Gasteiger partial charge in [0.2, 0.25) is 0 Å². The van der Waals surface area contributed by atoms with Crippen molar-refractivity contribution in [3.05, 3.63) is 59.4 Å². The van der Waals surface area contributed by atoms with Gasteiger partial charge >= 0.3 is 0 Å². The Morgan fingerprint density at radius 1 is 1.17 bits per heavy atom. The number of carbonyl (C=O) groups excluding carboxylic acids is 1. The first-order chi connectivity index (χ1) is 11.5. The van der Waals surface area contributed by atoms with E-state index < -0.39 is 0 Å². The third kappa shape index (κ3) is 4.72. The van der Waals surface area contributed by atoms with E-state index >= 15 is 0 Å². The fourth-order valence-corrected chi connectivity index (χ4v) is 2.36. The van der Waals surface area contributed by atoms with Crippen molar-refractivity contribution in [2.45, 2.75) is 20.4 Å². The molecule has 128 valence electrons. The number of rotatable bonds is 7. The maximum absolute atomic E-state index is 13.3. The van der Waals surface area contributed by atoms with Gasteiger partial charge in [-0.1, -0.05) is 18.2 Å². The fourth-order valence-electron chi connectivity index (χ4n) is 2.36. The van der Waals surface area contributed by atoms with Gasteiger partial charge in [0.25, 0.3) is 5.91 Å². The van der Waals surface area contributed by atoms with Crippen LogP contribution in [-0.4, -0.2) is 31.1 Å². The number of likely N-dealkylation sites (N-methyl/N-ethyl adjacent to an activating group) is 1. The monoisotopic (exact) mass is 331 g/mol. The van der Waals surface area contributed by atoms with Crippen LogP contribution in [0.3, 0.4) is 0 Å². The molecule has 0 bridgehead atoms. The third-order valence-corrected chi connectivity index (χ3v) is 3.67. The molecule has 2 aromatic carbocycles. The van der Waals surface area contributed by atoms with Crippen LogP contribution in [0.5, 0.6) is 11.5 Å². The molecular weight excluding hydrogens is 309 g/mol. The van der Waals surface area contributed by atoms with Crippen LogP contribution >= 0.6 is 0 Å². The lowest BCUT2D eigenvalue weighted by molar-refractivity contribution is -0.133. The zero-order chi connectivity index (χ0) is 17.5. The van der Waals surface area contributed by atoms with Crippen molar-refractivity contribution in [2.24, 2.45) is 0 Å². The fraction of sp³-hybridized carbons (Fsp3) is 0.316. The summed E-state index contributed by atoms with van der Waals surface area (Å²) in [6.07, 6.45) is 0. The highest BCUT2D eigenvalue weighted by molar-refractivity contribution is 5.77. The zero-order valence-electron chi connectivity index (χ0n) is 14.2. The van der Waals surface area contributed by atoms with Gasteiger partial charge in [0.15, 0.2) is 18.1 Å².